The van der Waals surface area contributed by atoms with Crippen molar-refractivity contribution < 1.29 is 5.11 Å². The van der Waals surface area contributed by atoms with Gasteiger partial charge in [0.2, 0.25) is 11.6 Å². The molecular formula is C10H7BrN4O2S. The van der Waals surface area contributed by atoms with E-state index in [0.29, 0.717) is 5.69 Å². The molecule has 0 aliphatic rings. The number of azo groups is 1. The van der Waals surface area contributed by atoms with Crippen LogP contribution in [-0.2, 0) is 0 Å². The number of nitrogens with zero attached hydrogens (tertiary/aromatic N) is 2. The second-order valence-electron chi connectivity index (χ2n) is 3.29. The van der Waals surface area contributed by atoms with Crippen LogP contribution in [0.25, 0.3) is 0 Å². The van der Waals surface area contributed by atoms with Crippen LogP contribution in [0.1, 0.15) is 0 Å². The van der Waals surface area contributed by atoms with Gasteiger partial charge in [0, 0.05) is 4.47 Å². The van der Waals surface area contributed by atoms with Crippen molar-refractivity contribution in [3.8, 4) is 5.88 Å². The minimum absolute atomic E-state index is 0.0268. The van der Waals surface area contributed by atoms with Crippen molar-refractivity contribution in [2.24, 2.45) is 10.2 Å². The molecule has 0 atom stereocenters. The normalized spacial score (nSPS) is 10.9. The van der Waals surface area contributed by atoms with E-state index in [9.17, 15) is 9.90 Å². The number of nitrogens with one attached hydrogen (secondary N) is 2. The maximum absolute atomic E-state index is 11.5. The lowest BCUT2D eigenvalue weighted by atomic mass is 10.3. The molecule has 0 bridgehead atoms. The van der Waals surface area contributed by atoms with Crippen molar-refractivity contribution in [2.45, 2.75) is 0 Å². The standard InChI is InChI=1S/C10H7BrN4O2S/c11-5-2-1-3-6(4-5)14-15-7-8(16)12-10(18)13-9(7)17/h1-4H,(H3,12,13,16,17,18). The molecule has 0 radical (unpaired) electrons. The molecular weight excluding hydrogens is 320 g/mol. The predicted molar refractivity (Wildman–Crippen MR) is 72.2 cm³/mol. The molecule has 3 N–H and O–H groups in total. The van der Waals surface area contributed by atoms with Crippen molar-refractivity contribution in [3.63, 3.8) is 0 Å². The Hall–Kier alpha value is -1.80. The van der Waals surface area contributed by atoms with Gasteiger partial charge in [0.1, 0.15) is 0 Å². The molecule has 0 aliphatic heterocycles. The second kappa shape index (κ2) is 5.23. The fourth-order valence-corrected chi connectivity index (χ4v) is 1.78. The highest BCUT2D eigenvalue weighted by molar-refractivity contribution is 9.10. The van der Waals surface area contributed by atoms with E-state index in [1.54, 1.807) is 18.2 Å². The molecule has 1 aromatic carbocycles. The van der Waals surface area contributed by atoms with Gasteiger partial charge in [0.15, 0.2) is 4.77 Å². The highest BCUT2D eigenvalue weighted by atomic mass is 79.9. The van der Waals surface area contributed by atoms with Crippen molar-refractivity contribution in [2.75, 3.05) is 0 Å². The molecule has 0 fully saturated rings. The maximum atomic E-state index is 11.5. The van der Waals surface area contributed by atoms with E-state index < -0.39 is 11.4 Å². The molecule has 0 spiro atoms. The first-order valence-electron chi connectivity index (χ1n) is 4.79. The molecule has 6 nitrogen and oxygen atoms in total. The van der Waals surface area contributed by atoms with Crippen LogP contribution in [0.4, 0.5) is 11.4 Å². The summed E-state index contributed by atoms with van der Waals surface area (Å²) in [6, 6.07) is 7.05. The van der Waals surface area contributed by atoms with Crippen LogP contribution < -0.4 is 5.56 Å². The summed E-state index contributed by atoms with van der Waals surface area (Å²) in [5.41, 5.74) is -0.274. The first-order valence-corrected chi connectivity index (χ1v) is 5.99. The van der Waals surface area contributed by atoms with Crippen LogP contribution in [0.2, 0.25) is 0 Å². The predicted octanol–water partition coefficient (Wildman–Crippen LogP) is 3.32. The Bertz CT molecular complexity index is 722. The van der Waals surface area contributed by atoms with Gasteiger partial charge < -0.3 is 10.1 Å². The number of rotatable bonds is 2. The van der Waals surface area contributed by atoms with Gasteiger partial charge in [-0.1, -0.05) is 22.0 Å². The summed E-state index contributed by atoms with van der Waals surface area (Å²) < 4.78 is 0.864. The van der Waals surface area contributed by atoms with E-state index in [0.717, 1.165) is 4.47 Å². The van der Waals surface area contributed by atoms with Crippen LogP contribution in [0.3, 0.4) is 0 Å². The summed E-state index contributed by atoms with van der Waals surface area (Å²) in [5, 5.41) is 17.0. The zero-order valence-electron chi connectivity index (χ0n) is 8.85. The van der Waals surface area contributed by atoms with E-state index in [2.05, 4.69) is 36.1 Å². The molecule has 0 saturated heterocycles. The topological polar surface area (TPSA) is 93.6 Å². The molecule has 0 unspecified atom stereocenters. The average molecular weight is 327 g/mol. The highest BCUT2D eigenvalue weighted by Gasteiger charge is 2.05. The average Bonchev–Trinajstić information content (AvgIpc) is 2.27. The fraction of sp³-hybridized carbons (Fsp3) is 0. The Kier molecular flexibility index (Phi) is 3.68. The van der Waals surface area contributed by atoms with E-state index in [1.807, 2.05) is 6.07 Å². The summed E-state index contributed by atoms with van der Waals surface area (Å²) in [6.45, 7) is 0. The molecule has 0 saturated carbocycles. The first kappa shape index (κ1) is 12.7. The molecule has 0 aliphatic carbocycles. The molecule has 2 rings (SSSR count). The Morgan fingerprint density at radius 3 is 2.72 bits per heavy atom. The van der Waals surface area contributed by atoms with Crippen LogP contribution in [-0.4, -0.2) is 15.1 Å². The summed E-state index contributed by atoms with van der Waals surface area (Å²) >= 11 is 7.98. The van der Waals surface area contributed by atoms with Gasteiger partial charge in [-0.3, -0.25) is 9.78 Å². The Morgan fingerprint density at radius 1 is 1.28 bits per heavy atom. The summed E-state index contributed by atoms with van der Waals surface area (Å²) in [4.78, 5) is 16.2. The first-order chi connectivity index (χ1) is 8.56. The van der Waals surface area contributed by atoms with Gasteiger partial charge in [-0.25, -0.2) is 0 Å². The molecule has 1 heterocycles. The number of hydrogen-bond donors (Lipinski definition) is 3. The largest absolute Gasteiger partial charge is 0.493 e. The molecule has 8 heteroatoms. The number of H-pyrrole nitrogens is 2. The smallest absolute Gasteiger partial charge is 0.283 e. The summed E-state index contributed by atoms with van der Waals surface area (Å²) in [7, 11) is 0. The van der Waals surface area contributed by atoms with Gasteiger partial charge in [0.25, 0.3) is 5.56 Å². The lowest BCUT2D eigenvalue weighted by Crippen LogP contribution is -2.06. The van der Waals surface area contributed by atoms with Crippen molar-refractivity contribution >= 4 is 39.5 Å². The molecule has 18 heavy (non-hydrogen) atoms. The van der Waals surface area contributed by atoms with Gasteiger partial charge >= 0.3 is 0 Å². The van der Waals surface area contributed by atoms with Gasteiger partial charge in [-0.15, -0.1) is 5.11 Å². The third kappa shape index (κ3) is 2.90. The second-order valence-corrected chi connectivity index (χ2v) is 4.61. The minimum atomic E-state index is -0.602. The van der Waals surface area contributed by atoms with E-state index in [-0.39, 0.29) is 10.5 Å². The monoisotopic (exact) mass is 326 g/mol. The van der Waals surface area contributed by atoms with E-state index in [4.69, 9.17) is 12.2 Å². The molecule has 2 aromatic rings. The van der Waals surface area contributed by atoms with Crippen LogP contribution in [0, 0.1) is 4.77 Å². The minimum Gasteiger partial charge on any atom is -0.493 e. The number of aromatic amines is 2. The molecule has 0 amide bonds. The van der Waals surface area contributed by atoms with Gasteiger partial charge in [0.05, 0.1) is 5.69 Å². The van der Waals surface area contributed by atoms with Crippen molar-refractivity contribution in [1.82, 2.24) is 9.97 Å². The van der Waals surface area contributed by atoms with Gasteiger partial charge in [-0.2, -0.15) is 5.11 Å². The summed E-state index contributed by atoms with van der Waals surface area (Å²) in [6.07, 6.45) is 0. The number of aromatic nitrogens is 2. The lowest BCUT2D eigenvalue weighted by Gasteiger charge is -1.96. The van der Waals surface area contributed by atoms with E-state index in [1.165, 1.54) is 0 Å². The zero-order chi connectivity index (χ0) is 13.1. The van der Waals surface area contributed by atoms with Crippen molar-refractivity contribution in [3.05, 3.63) is 43.9 Å². The molecule has 1 aromatic heterocycles. The Balaban J connectivity index is 2.41. The van der Waals surface area contributed by atoms with Crippen LogP contribution >= 0.6 is 28.1 Å². The van der Waals surface area contributed by atoms with Crippen LogP contribution in [0.5, 0.6) is 5.88 Å². The number of benzene rings is 1. The third-order valence-corrected chi connectivity index (χ3v) is 2.67. The number of hydrogen-bond acceptors (Lipinski definition) is 5. The summed E-state index contributed by atoms with van der Waals surface area (Å²) in [5.74, 6) is -0.414. The number of aromatic hydroxyl groups is 1. The quantitative estimate of drug-likeness (QED) is 0.583. The highest BCUT2D eigenvalue weighted by Crippen LogP contribution is 2.23. The fourth-order valence-electron chi connectivity index (χ4n) is 1.21. The Labute approximate surface area is 115 Å². The Morgan fingerprint density at radius 2 is 2.06 bits per heavy atom. The van der Waals surface area contributed by atoms with Crippen molar-refractivity contribution in [1.29, 1.82) is 0 Å². The molecule has 92 valence electrons. The van der Waals surface area contributed by atoms with Crippen LogP contribution in [0.15, 0.2) is 43.8 Å². The van der Waals surface area contributed by atoms with E-state index >= 15 is 0 Å². The van der Waals surface area contributed by atoms with Gasteiger partial charge in [-0.05, 0) is 30.4 Å². The zero-order valence-corrected chi connectivity index (χ0v) is 11.2. The third-order valence-electron chi connectivity index (χ3n) is 1.97. The number of halogens is 1. The maximum Gasteiger partial charge on any atom is 0.283 e. The SMILES string of the molecule is O=c1[nH]c(=S)[nH]c(O)c1N=Nc1cccc(Br)c1. The lowest BCUT2D eigenvalue weighted by molar-refractivity contribution is 0.451.